The Bertz CT molecular complexity index is 71.7. The molecule has 0 aromatic rings. The Morgan fingerprint density at radius 1 is 1.20 bits per heavy atom. The first-order valence-electron chi connectivity index (χ1n) is 4.18. The molecule has 0 radical (unpaired) electrons. The van der Waals surface area contributed by atoms with Crippen LogP contribution in [0.5, 0.6) is 0 Å². The van der Waals surface area contributed by atoms with Crippen LogP contribution in [0, 0.1) is 0 Å². The van der Waals surface area contributed by atoms with Crippen LogP contribution in [0.1, 0.15) is 39.5 Å². The van der Waals surface area contributed by atoms with Gasteiger partial charge < -0.3 is 0 Å². The van der Waals surface area contributed by atoms with Crippen molar-refractivity contribution in [3.05, 3.63) is 0 Å². The van der Waals surface area contributed by atoms with Gasteiger partial charge in [-0.15, -0.1) is 18.5 Å². The van der Waals surface area contributed by atoms with Crippen molar-refractivity contribution >= 4 is 18.5 Å². The van der Waals surface area contributed by atoms with Crippen LogP contribution < -0.4 is 0 Å². The van der Waals surface area contributed by atoms with Gasteiger partial charge in [-0.1, -0.05) is 20.3 Å². The van der Waals surface area contributed by atoms with E-state index in [2.05, 4.69) is 32.3 Å². The highest BCUT2D eigenvalue weighted by Gasteiger charge is 1.99. The summed E-state index contributed by atoms with van der Waals surface area (Å²) in [5.74, 6) is 0. The van der Waals surface area contributed by atoms with Crippen LogP contribution >= 0.6 is 18.5 Å². The summed E-state index contributed by atoms with van der Waals surface area (Å²) in [6.45, 7) is 4.51. The van der Waals surface area contributed by atoms with Crippen molar-refractivity contribution in [2.75, 3.05) is 0 Å². The van der Waals surface area contributed by atoms with Crippen LogP contribution in [0.25, 0.3) is 0 Å². The zero-order valence-corrected chi connectivity index (χ0v) is 9.45. The molecule has 0 aliphatic carbocycles. The third-order valence-corrected chi connectivity index (χ3v) is 2.90. The lowest BCUT2D eigenvalue weighted by molar-refractivity contribution is 0.642. The van der Waals surface area contributed by atoms with Gasteiger partial charge in [0.2, 0.25) is 0 Å². The van der Waals surface area contributed by atoms with Crippen molar-refractivity contribution in [3.63, 3.8) is 0 Å². The van der Waals surface area contributed by atoms with E-state index in [-0.39, 0.29) is 0 Å². The summed E-state index contributed by atoms with van der Waals surface area (Å²) in [6.07, 6.45) is 5.41. The quantitative estimate of drug-likeness (QED) is 0.567. The molecule has 0 N–H and O–H groups in total. The van der Waals surface area contributed by atoms with Crippen LogP contribution in [0.2, 0.25) is 0 Å². The van der Waals surface area contributed by atoms with E-state index in [4.69, 9.17) is 0 Å². The highest BCUT2D eigenvalue weighted by molar-refractivity contribution is 7.17. The van der Waals surface area contributed by atoms with Crippen LogP contribution in [0.3, 0.4) is 0 Å². The monoisotopic (exact) mass is 178 g/mol. The molecule has 0 saturated heterocycles. The molecular weight excluding hydrogens is 158 g/mol. The van der Waals surface area contributed by atoms with E-state index in [0.717, 1.165) is 11.3 Å². The molecule has 0 spiro atoms. The lowest BCUT2D eigenvalue weighted by atomic mass is 10.1. The van der Waals surface area contributed by atoms with Crippen molar-refractivity contribution in [2.24, 2.45) is 0 Å². The average molecular weight is 178 g/mol. The van der Waals surface area contributed by atoms with Crippen molar-refractivity contribution in [1.29, 1.82) is 0 Å². The highest BCUT2D eigenvalue weighted by Crippen LogP contribution is 2.16. The molecule has 0 heterocycles. The Hall–Kier alpha value is 0.860. The summed E-state index contributed by atoms with van der Waals surface area (Å²) in [5.41, 5.74) is 1.65. The van der Waals surface area contributed by atoms with E-state index in [9.17, 15) is 0 Å². The van der Waals surface area contributed by atoms with Crippen LogP contribution in [-0.2, 0) is 0 Å². The van der Waals surface area contributed by atoms with Crippen LogP contribution in [0.4, 0.5) is 0 Å². The fraction of sp³-hybridized carbons (Fsp3) is 1.00. The topological polar surface area (TPSA) is 0 Å². The predicted molar refractivity (Wildman–Crippen MR) is 56.8 cm³/mol. The third-order valence-electron chi connectivity index (χ3n) is 1.76. The van der Waals surface area contributed by atoms with Gasteiger partial charge in [0.1, 0.15) is 0 Å². The van der Waals surface area contributed by atoms with Gasteiger partial charge >= 0.3 is 0 Å². The van der Waals surface area contributed by atoms with Gasteiger partial charge in [0.15, 0.2) is 0 Å². The molecule has 0 aromatic carbocycles. The molecule has 0 fully saturated rings. The third kappa shape index (κ3) is 6.97. The summed E-state index contributed by atoms with van der Waals surface area (Å²) in [7, 11) is 5.76. The molecule has 0 aliphatic heterocycles. The largest absolute Gasteiger partial charge is 0.135 e. The Balaban J connectivity index is 3.03. The summed E-state index contributed by atoms with van der Waals surface area (Å²) in [5, 5.41) is 0. The van der Waals surface area contributed by atoms with Crippen molar-refractivity contribution in [2.45, 2.75) is 50.8 Å². The molecule has 2 heteroatoms. The summed E-state index contributed by atoms with van der Waals surface area (Å²) in [4.78, 5) is 0. The SMILES string of the molecule is CCC(P)CCCC(C)P. The minimum atomic E-state index is 0.800. The maximum atomic E-state index is 2.91. The standard InChI is InChI=1S/C8H20P2/c1-3-8(10)6-4-5-7(2)9/h7-8H,3-6,9-10H2,1-2H3. The minimum absolute atomic E-state index is 0.800. The molecule has 62 valence electrons. The summed E-state index contributed by atoms with van der Waals surface area (Å²) in [6, 6.07) is 0. The highest BCUT2D eigenvalue weighted by atomic mass is 31.0. The summed E-state index contributed by atoms with van der Waals surface area (Å²) < 4.78 is 0. The number of rotatable bonds is 5. The fourth-order valence-corrected chi connectivity index (χ4v) is 1.38. The molecule has 0 aliphatic rings. The predicted octanol–water partition coefficient (Wildman–Crippen LogP) is 3.07. The molecule has 0 saturated carbocycles. The van der Waals surface area contributed by atoms with E-state index >= 15 is 0 Å². The van der Waals surface area contributed by atoms with Crippen molar-refractivity contribution in [1.82, 2.24) is 0 Å². The van der Waals surface area contributed by atoms with Gasteiger partial charge in [-0.3, -0.25) is 0 Å². The average Bonchev–Trinajstić information content (AvgIpc) is 1.87. The van der Waals surface area contributed by atoms with Crippen molar-refractivity contribution in [3.8, 4) is 0 Å². The maximum Gasteiger partial charge on any atom is -0.0267 e. The summed E-state index contributed by atoms with van der Waals surface area (Å²) >= 11 is 0. The van der Waals surface area contributed by atoms with Gasteiger partial charge in [-0.2, -0.15) is 0 Å². The zero-order chi connectivity index (χ0) is 7.98. The van der Waals surface area contributed by atoms with Gasteiger partial charge in [0, 0.05) is 0 Å². The second-order valence-electron chi connectivity index (χ2n) is 3.08. The van der Waals surface area contributed by atoms with Crippen LogP contribution in [0.15, 0.2) is 0 Å². The Labute approximate surface area is 70.0 Å². The van der Waals surface area contributed by atoms with Gasteiger partial charge in [0.25, 0.3) is 0 Å². The Morgan fingerprint density at radius 2 is 1.80 bits per heavy atom. The van der Waals surface area contributed by atoms with Gasteiger partial charge in [-0.25, -0.2) is 0 Å². The minimum Gasteiger partial charge on any atom is -0.135 e. The van der Waals surface area contributed by atoms with Gasteiger partial charge in [0.05, 0.1) is 0 Å². The molecule has 10 heavy (non-hydrogen) atoms. The Morgan fingerprint density at radius 3 is 2.20 bits per heavy atom. The fourth-order valence-electron chi connectivity index (χ4n) is 0.906. The molecule has 0 rings (SSSR count). The molecule has 4 unspecified atom stereocenters. The second-order valence-corrected chi connectivity index (χ2v) is 5.16. The number of hydrogen-bond acceptors (Lipinski definition) is 0. The molecule has 4 atom stereocenters. The first-order chi connectivity index (χ1) is 4.66. The lowest BCUT2D eigenvalue weighted by Gasteiger charge is -2.08. The molecule has 0 amide bonds. The van der Waals surface area contributed by atoms with Crippen molar-refractivity contribution < 1.29 is 0 Å². The van der Waals surface area contributed by atoms with E-state index in [0.29, 0.717) is 0 Å². The second kappa shape index (κ2) is 6.56. The van der Waals surface area contributed by atoms with Crippen LogP contribution in [-0.4, -0.2) is 11.3 Å². The first kappa shape index (κ1) is 10.9. The normalized spacial score (nSPS) is 16.8. The Kier molecular flexibility index (Phi) is 7.13. The van der Waals surface area contributed by atoms with E-state index in [1.807, 2.05) is 0 Å². The number of hydrogen-bond donors (Lipinski definition) is 0. The van der Waals surface area contributed by atoms with E-state index < -0.39 is 0 Å². The molecule has 0 nitrogen and oxygen atoms in total. The zero-order valence-electron chi connectivity index (χ0n) is 7.14. The smallest absolute Gasteiger partial charge is 0.0267 e. The lowest BCUT2D eigenvalue weighted by Crippen LogP contribution is -1.97. The molecule has 0 aromatic heterocycles. The maximum absolute atomic E-state index is 2.91. The van der Waals surface area contributed by atoms with E-state index in [1.54, 1.807) is 0 Å². The molecule has 0 bridgehead atoms. The van der Waals surface area contributed by atoms with Gasteiger partial charge in [-0.05, 0) is 30.6 Å². The van der Waals surface area contributed by atoms with E-state index in [1.165, 1.54) is 25.7 Å². The first-order valence-corrected chi connectivity index (χ1v) is 5.51. The molecular formula is C8H20P2.